The molecule has 2 N–H and O–H groups in total. The number of carbonyl (C=O) groups excluding carboxylic acids is 2. The number of nitrogens with zero attached hydrogens (tertiary/aromatic N) is 4. The Morgan fingerprint density at radius 1 is 1.41 bits per heavy atom. The Labute approximate surface area is 158 Å². The van der Waals surface area contributed by atoms with Crippen LogP contribution in [0.3, 0.4) is 0 Å². The van der Waals surface area contributed by atoms with Gasteiger partial charge in [-0.2, -0.15) is 10.2 Å². The SMILES string of the molecule is CC(C)NC(=O)O[C@@H]1CC[C@H](c2cc(N(C)C(=O)c3ccnn3C)n[nH]2)C1. The van der Waals surface area contributed by atoms with E-state index < -0.39 is 0 Å². The van der Waals surface area contributed by atoms with Crippen LogP contribution in [0.4, 0.5) is 10.6 Å². The third kappa shape index (κ3) is 4.29. The largest absolute Gasteiger partial charge is 0.446 e. The van der Waals surface area contributed by atoms with Gasteiger partial charge in [0.15, 0.2) is 5.82 Å². The molecule has 2 heterocycles. The van der Waals surface area contributed by atoms with Gasteiger partial charge in [0, 0.05) is 44.0 Å². The average molecular weight is 374 g/mol. The highest BCUT2D eigenvalue weighted by Crippen LogP contribution is 2.36. The van der Waals surface area contributed by atoms with Gasteiger partial charge in [0.05, 0.1) is 0 Å². The number of rotatable bonds is 5. The molecule has 0 saturated heterocycles. The van der Waals surface area contributed by atoms with Crippen LogP contribution in [0.5, 0.6) is 0 Å². The molecular formula is C18H26N6O3. The number of hydrogen-bond acceptors (Lipinski definition) is 5. The number of ether oxygens (including phenoxy) is 1. The fraction of sp³-hybridized carbons (Fsp3) is 0.556. The van der Waals surface area contributed by atoms with Gasteiger partial charge >= 0.3 is 6.09 Å². The first kappa shape index (κ1) is 18.9. The van der Waals surface area contributed by atoms with Crippen molar-refractivity contribution in [2.45, 2.75) is 51.2 Å². The topological polar surface area (TPSA) is 105 Å². The molecule has 2 atom stereocenters. The molecule has 9 heteroatoms. The molecule has 2 amide bonds. The van der Waals surface area contributed by atoms with Crippen LogP contribution in [0, 0.1) is 0 Å². The van der Waals surface area contributed by atoms with Gasteiger partial charge in [-0.1, -0.05) is 0 Å². The van der Waals surface area contributed by atoms with Gasteiger partial charge < -0.3 is 10.1 Å². The number of carbonyl (C=O) groups is 2. The highest BCUT2D eigenvalue weighted by Gasteiger charge is 2.30. The van der Waals surface area contributed by atoms with E-state index in [-0.39, 0.29) is 30.1 Å². The van der Waals surface area contributed by atoms with Crippen LogP contribution in [0.25, 0.3) is 0 Å². The predicted octanol–water partition coefficient (Wildman–Crippen LogP) is 2.19. The predicted molar refractivity (Wildman–Crippen MR) is 99.7 cm³/mol. The molecular weight excluding hydrogens is 348 g/mol. The van der Waals surface area contributed by atoms with Crippen LogP contribution in [0.1, 0.15) is 55.2 Å². The van der Waals surface area contributed by atoms with Gasteiger partial charge in [-0.15, -0.1) is 0 Å². The number of H-pyrrole nitrogens is 1. The Hall–Kier alpha value is -2.84. The molecule has 9 nitrogen and oxygen atoms in total. The fourth-order valence-corrected chi connectivity index (χ4v) is 3.32. The van der Waals surface area contributed by atoms with Crippen LogP contribution in [0.15, 0.2) is 18.3 Å². The van der Waals surface area contributed by atoms with Crippen LogP contribution >= 0.6 is 0 Å². The lowest BCUT2D eigenvalue weighted by Crippen LogP contribution is -2.33. The van der Waals surface area contributed by atoms with Crippen LogP contribution in [-0.2, 0) is 11.8 Å². The molecule has 1 aliphatic rings. The van der Waals surface area contributed by atoms with Crippen LogP contribution in [0.2, 0.25) is 0 Å². The number of hydrogen-bond donors (Lipinski definition) is 2. The lowest BCUT2D eigenvalue weighted by atomic mass is 10.0. The highest BCUT2D eigenvalue weighted by molar-refractivity contribution is 6.03. The van der Waals surface area contributed by atoms with Gasteiger partial charge in [-0.05, 0) is 39.2 Å². The molecule has 1 aliphatic carbocycles. The Bertz CT molecular complexity index is 812. The number of amides is 2. The minimum atomic E-state index is -0.373. The second-order valence-corrected chi connectivity index (χ2v) is 7.22. The number of nitrogens with one attached hydrogen (secondary N) is 2. The van der Waals surface area contributed by atoms with Gasteiger partial charge in [-0.25, -0.2) is 4.79 Å². The summed E-state index contributed by atoms with van der Waals surface area (Å²) in [4.78, 5) is 25.8. The molecule has 0 radical (unpaired) electrons. The zero-order chi connectivity index (χ0) is 19.6. The van der Waals surface area contributed by atoms with Gasteiger partial charge in [0.1, 0.15) is 11.8 Å². The Morgan fingerprint density at radius 3 is 2.85 bits per heavy atom. The van der Waals surface area contributed by atoms with Gasteiger partial charge in [0.25, 0.3) is 5.91 Å². The first-order valence-electron chi connectivity index (χ1n) is 9.13. The van der Waals surface area contributed by atoms with E-state index in [4.69, 9.17) is 4.74 Å². The number of aromatic nitrogens is 4. The van der Waals surface area contributed by atoms with Crippen LogP contribution < -0.4 is 10.2 Å². The first-order chi connectivity index (χ1) is 12.8. The van der Waals surface area contributed by atoms with Crippen molar-refractivity contribution in [3.8, 4) is 0 Å². The van der Waals surface area contributed by atoms with Crippen molar-refractivity contribution >= 4 is 17.8 Å². The first-order valence-corrected chi connectivity index (χ1v) is 9.13. The molecule has 1 fully saturated rings. The zero-order valence-electron chi connectivity index (χ0n) is 16.1. The minimum absolute atomic E-state index is 0.0531. The Kier molecular flexibility index (Phi) is 5.48. The van der Waals surface area contributed by atoms with E-state index in [1.165, 1.54) is 9.58 Å². The molecule has 0 unspecified atom stereocenters. The summed E-state index contributed by atoms with van der Waals surface area (Å²) in [5.74, 6) is 0.604. The van der Waals surface area contributed by atoms with E-state index in [0.717, 1.165) is 25.0 Å². The van der Waals surface area contributed by atoms with Crippen molar-refractivity contribution in [3.05, 3.63) is 29.7 Å². The quantitative estimate of drug-likeness (QED) is 0.835. The monoisotopic (exact) mass is 374 g/mol. The molecule has 3 rings (SSSR count). The lowest BCUT2D eigenvalue weighted by Gasteiger charge is -2.15. The van der Waals surface area contributed by atoms with Crippen molar-refractivity contribution in [2.24, 2.45) is 7.05 Å². The second-order valence-electron chi connectivity index (χ2n) is 7.22. The zero-order valence-corrected chi connectivity index (χ0v) is 16.1. The molecule has 27 heavy (non-hydrogen) atoms. The van der Waals surface area contributed by atoms with E-state index in [2.05, 4.69) is 20.6 Å². The molecule has 0 aliphatic heterocycles. The standard InChI is InChI=1S/C18H26N6O3/c1-11(2)20-18(26)27-13-6-5-12(9-13)14-10-16(22-21-14)23(3)17(25)15-7-8-19-24(15)4/h7-8,10-13H,5-6,9H2,1-4H3,(H,20,26)(H,21,22)/t12-,13+/m0/s1. The molecule has 2 aromatic rings. The molecule has 146 valence electrons. The number of aryl methyl sites for hydroxylation is 1. The third-order valence-electron chi connectivity index (χ3n) is 4.78. The summed E-state index contributed by atoms with van der Waals surface area (Å²) in [6.07, 6.45) is 3.57. The average Bonchev–Trinajstić information content (AvgIpc) is 3.32. The maximum absolute atomic E-state index is 12.6. The summed E-state index contributed by atoms with van der Waals surface area (Å²) in [5, 5.41) is 14.1. The van der Waals surface area contributed by atoms with Gasteiger partial charge in [0.2, 0.25) is 0 Å². The van der Waals surface area contributed by atoms with E-state index in [1.807, 2.05) is 19.9 Å². The van der Waals surface area contributed by atoms with Crippen molar-refractivity contribution in [1.29, 1.82) is 0 Å². The van der Waals surface area contributed by atoms with Crippen molar-refractivity contribution in [2.75, 3.05) is 11.9 Å². The summed E-state index contributed by atoms with van der Waals surface area (Å²) in [6, 6.07) is 3.61. The summed E-state index contributed by atoms with van der Waals surface area (Å²) in [6.45, 7) is 3.79. The summed E-state index contributed by atoms with van der Waals surface area (Å²) < 4.78 is 7.01. The smallest absolute Gasteiger partial charge is 0.407 e. The summed E-state index contributed by atoms with van der Waals surface area (Å²) in [5.41, 5.74) is 1.44. The minimum Gasteiger partial charge on any atom is -0.446 e. The van der Waals surface area contributed by atoms with E-state index in [1.54, 1.807) is 26.4 Å². The van der Waals surface area contributed by atoms with E-state index in [9.17, 15) is 9.59 Å². The van der Waals surface area contributed by atoms with E-state index >= 15 is 0 Å². The number of alkyl carbamates (subject to hydrolysis) is 1. The van der Waals surface area contributed by atoms with Gasteiger partial charge in [-0.3, -0.25) is 19.5 Å². The Morgan fingerprint density at radius 2 is 2.19 bits per heavy atom. The molecule has 2 aromatic heterocycles. The highest BCUT2D eigenvalue weighted by atomic mass is 16.6. The van der Waals surface area contributed by atoms with E-state index in [0.29, 0.717) is 11.5 Å². The number of anilines is 1. The fourth-order valence-electron chi connectivity index (χ4n) is 3.32. The third-order valence-corrected chi connectivity index (χ3v) is 4.78. The molecule has 0 aromatic carbocycles. The number of aromatic amines is 1. The maximum atomic E-state index is 12.6. The van der Waals surface area contributed by atoms with Crippen molar-refractivity contribution in [3.63, 3.8) is 0 Å². The lowest BCUT2D eigenvalue weighted by molar-refractivity contribution is 0.0973. The van der Waals surface area contributed by atoms with Crippen LogP contribution in [-0.4, -0.2) is 51.2 Å². The second kappa shape index (κ2) is 7.81. The molecule has 0 bridgehead atoms. The Balaban J connectivity index is 1.60. The maximum Gasteiger partial charge on any atom is 0.407 e. The van der Waals surface area contributed by atoms with Crippen molar-refractivity contribution < 1.29 is 14.3 Å². The normalized spacial score (nSPS) is 19.3. The molecule has 0 spiro atoms. The molecule has 1 saturated carbocycles. The summed E-state index contributed by atoms with van der Waals surface area (Å²) >= 11 is 0. The summed E-state index contributed by atoms with van der Waals surface area (Å²) in [7, 11) is 3.41. The van der Waals surface area contributed by atoms with Crippen molar-refractivity contribution in [1.82, 2.24) is 25.3 Å².